The van der Waals surface area contributed by atoms with Crippen LogP contribution in [-0.2, 0) is 16.0 Å². The van der Waals surface area contributed by atoms with Crippen LogP contribution in [0.3, 0.4) is 0 Å². The maximum atomic E-state index is 13.4. The van der Waals surface area contributed by atoms with E-state index in [4.69, 9.17) is 0 Å². The Hall–Kier alpha value is -2.35. The molecular formula is C15H15FN4O2S. The summed E-state index contributed by atoms with van der Waals surface area (Å²) in [6.45, 7) is 2.27. The van der Waals surface area contributed by atoms with E-state index >= 15 is 0 Å². The van der Waals surface area contributed by atoms with Crippen LogP contribution in [0.4, 0.5) is 10.1 Å². The van der Waals surface area contributed by atoms with Crippen molar-refractivity contribution in [3.63, 3.8) is 0 Å². The van der Waals surface area contributed by atoms with Gasteiger partial charge in [-0.1, -0.05) is 0 Å². The van der Waals surface area contributed by atoms with Crippen LogP contribution in [-0.4, -0.2) is 28.6 Å². The summed E-state index contributed by atoms with van der Waals surface area (Å²) in [5.41, 5.74) is 0.997. The summed E-state index contributed by atoms with van der Waals surface area (Å²) in [6, 6.07) is 4.04. The van der Waals surface area contributed by atoms with Crippen molar-refractivity contribution in [1.29, 1.82) is 0 Å². The number of halogens is 1. The average Bonchev–Trinajstić information content (AvgIpc) is 2.92. The van der Waals surface area contributed by atoms with E-state index in [0.29, 0.717) is 24.2 Å². The summed E-state index contributed by atoms with van der Waals surface area (Å²) in [5.74, 6) is -1.63. The molecule has 23 heavy (non-hydrogen) atoms. The number of aryl methyl sites for hydroxylation is 1. The first-order chi connectivity index (χ1) is 11.0. The Kier molecular flexibility index (Phi) is 4.33. The topological polar surface area (TPSA) is 84.0 Å². The van der Waals surface area contributed by atoms with Crippen molar-refractivity contribution in [2.24, 2.45) is 0 Å². The highest BCUT2D eigenvalue weighted by molar-refractivity contribution is 7.11. The maximum Gasteiger partial charge on any atom is 0.228 e. The number of nitrogens with one attached hydrogen (secondary N) is 2. The van der Waals surface area contributed by atoms with Gasteiger partial charge < -0.3 is 10.6 Å². The van der Waals surface area contributed by atoms with Crippen molar-refractivity contribution in [3.8, 4) is 0 Å². The smallest absolute Gasteiger partial charge is 0.228 e. The van der Waals surface area contributed by atoms with E-state index in [1.54, 1.807) is 0 Å². The van der Waals surface area contributed by atoms with Gasteiger partial charge in [-0.25, -0.2) is 4.39 Å². The van der Waals surface area contributed by atoms with Crippen molar-refractivity contribution < 1.29 is 14.0 Å². The zero-order valence-electron chi connectivity index (χ0n) is 12.4. The van der Waals surface area contributed by atoms with Gasteiger partial charge in [0.2, 0.25) is 11.8 Å². The van der Waals surface area contributed by atoms with Crippen molar-refractivity contribution in [2.45, 2.75) is 25.7 Å². The second-order valence-electron chi connectivity index (χ2n) is 5.29. The average molecular weight is 334 g/mol. The van der Waals surface area contributed by atoms with Gasteiger partial charge in [0.05, 0.1) is 5.92 Å². The summed E-state index contributed by atoms with van der Waals surface area (Å²) in [6.07, 6.45) is 0.590. The first-order valence-electron chi connectivity index (χ1n) is 7.19. The lowest BCUT2D eigenvalue weighted by Gasteiger charge is -2.24. The Labute approximate surface area is 136 Å². The quantitative estimate of drug-likeness (QED) is 0.892. The number of rotatable bonds is 4. The van der Waals surface area contributed by atoms with E-state index in [1.807, 2.05) is 6.92 Å². The summed E-state index contributed by atoms with van der Waals surface area (Å²) in [4.78, 5) is 24.1. The van der Waals surface area contributed by atoms with Gasteiger partial charge in [0.1, 0.15) is 15.8 Å². The molecule has 0 fully saturated rings. The molecule has 1 aliphatic rings. The molecule has 0 saturated heterocycles. The number of carbonyl (C=O) groups excluding carboxylic acids is 2. The summed E-state index contributed by atoms with van der Waals surface area (Å²) < 4.78 is 13.4. The molecule has 2 aromatic rings. The molecule has 2 heterocycles. The van der Waals surface area contributed by atoms with E-state index in [0.717, 1.165) is 10.0 Å². The van der Waals surface area contributed by atoms with Crippen LogP contribution in [0.2, 0.25) is 0 Å². The number of hydrogen-bond acceptors (Lipinski definition) is 5. The number of aromatic nitrogens is 2. The van der Waals surface area contributed by atoms with E-state index in [1.165, 1.54) is 29.5 Å². The van der Waals surface area contributed by atoms with Crippen LogP contribution >= 0.6 is 11.3 Å². The fourth-order valence-corrected chi connectivity index (χ4v) is 3.23. The van der Waals surface area contributed by atoms with Gasteiger partial charge in [0, 0.05) is 25.1 Å². The lowest BCUT2D eigenvalue weighted by atomic mass is 9.89. The zero-order valence-corrected chi connectivity index (χ0v) is 13.2. The van der Waals surface area contributed by atoms with Gasteiger partial charge in [-0.15, -0.1) is 21.5 Å². The minimum Gasteiger partial charge on any atom is -0.355 e. The Balaban J connectivity index is 1.67. The minimum atomic E-state index is -0.675. The zero-order chi connectivity index (χ0) is 16.4. The van der Waals surface area contributed by atoms with Crippen LogP contribution < -0.4 is 10.6 Å². The van der Waals surface area contributed by atoms with E-state index in [9.17, 15) is 14.0 Å². The Morgan fingerprint density at radius 2 is 2.30 bits per heavy atom. The summed E-state index contributed by atoms with van der Waals surface area (Å²) in [7, 11) is 0. The van der Waals surface area contributed by atoms with Gasteiger partial charge in [-0.05, 0) is 30.7 Å². The highest BCUT2D eigenvalue weighted by atomic mass is 32.1. The van der Waals surface area contributed by atoms with Crippen LogP contribution in [0.5, 0.6) is 0 Å². The number of nitrogens with zero attached hydrogens (tertiary/aromatic N) is 2. The molecule has 2 N–H and O–H groups in total. The predicted octanol–water partition coefficient (Wildman–Crippen LogP) is 1.77. The molecule has 0 saturated carbocycles. The fourth-order valence-electron chi connectivity index (χ4n) is 2.52. The molecule has 0 bridgehead atoms. The minimum absolute atomic E-state index is 0.0141. The number of amides is 2. The van der Waals surface area contributed by atoms with Crippen LogP contribution in [0, 0.1) is 12.7 Å². The van der Waals surface area contributed by atoms with Crippen LogP contribution in [0.25, 0.3) is 0 Å². The molecule has 2 amide bonds. The molecule has 0 unspecified atom stereocenters. The monoisotopic (exact) mass is 334 g/mol. The van der Waals surface area contributed by atoms with Crippen molar-refractivity contribution in [3.05, 3.63) is 39.6 Å². The number of carbonyl (C=O) groups is 2. The van der Waals surface area contributed by atoms with Crippen LogP contribution in [0.15, 0.2) is 18.2 Å². The van der Waals surface area contributed by atoms with Crippen molar-refractivity contribution >= 4 is 28.8 Å². The Morgan fingerprint density at radius 3 is 3.04 bits per heavy atom. The van der Waals surface area contributed by atoms with E-state index in [-0.39, 0.29) is 18.2 Å². The van der Waals surface area contributed by atoms with Gasteiger partial charge >= 0.3 is 0 Å². The van der Waals surface area contributed by atoms with Crippen molar-refractivity contribution in [1.82, 2.24) is 15.5 Å². The third-order valence-electron chi connectivity index (χ3n) is 3.58. The summed E-state index contributed by atoms with van der Waals surface area (Å²) >= 11 is 1.48. The molecule has 0 spiro atoms. The van der Waals surface area contributed by atoms with Crippen molar-refractivity contribution in [2.75, 3.05) is 11.9 Å². The summed E-state index contributed by atoms with van der Waals surface area (Å²) in [5, 5.41) is 15.1. The van der Waals surface area contributed by atoms with Gasteiger partial charge in [-0.2, -0.15) is 0 Å². The predicted molar refractivity (Wildman–Crippen MR) is 83.7 cm³/mol. The molecule has 120 valence electrons. The number of benzene rings is 1. The molecule has 6 nitrogen and oxygen atoms in total. The lowest BCUT2D eigenvalue weighted by molar-refractivity contribution is -0.126. The first kappa shape index (κ1) is 15.5. The molecule has 1 aromatic carbocycles. The van der Waals surface area contributed by atoms with E-state index in [2.05, 4.69) is 20.8 Å². The fraction of sp³-hybridized carbons (Fsp3) is 0.333. The molecule has 8 heteroatoms. The van der Waals surface area contributed by atoms with Gasteiger partial charge in [0.15, 0.2) is 0 Å². The largest absolute Gasteiger partial charge is 0.355 e. The molecule has 0 radical (unpaired) electrons. The normalized spacial score (nSPS) is 16.6. The van der Waals surface area contributed by atoms with Gasteiger partial charge in [-0.3, -0.25) is 9.59 Å². The Morgan fingerprint density at radius 1 is 1.48 bits per heavy atom. The highest BCUT2D eigenvalue weighted by Crippen LogP contribution is 2.32. The maximum absolute atomic E-state index is 13.4. The standard InChI is InChI=1S/C15H15FN4O2S/c1-8-19-20-14(23-8)4-5-17-15(22)11-7-13(21)18-12-3-2-9(16)6-10(11)12/h2-3,6,11H,4-5,7H2,1H3,(H,17,22)(H,18,21)/t11-/m0/s1. The molecule has 1 aliphatic heterocycles. The third kappa shape index (κ3) is 3.53. The van der Waals surface area contributed by atoms with E-state index < -0.39 is 11.7 Å². The molecular weight excluding hydrogens is 319 g/mol. The number of fused-ring (bicyclic) bond motifs is 1. The molecule has 3 rings (SSSR count). The molecule has 1 atom stereocenters. The second-order valence-corrected chi connectivity index (χ2v) is 6.56. The molecule has 0 aliphatic carbocycles. The Bertz CT molecular complexity index is 762. The third-order valence-corrected chi connectivity index (χ3v) is 4.47. The second kappa shape index (κ2) is 6.41. The number of anilines is 1. The van der Waals surface area contributed by atoms with Gasteiger partial charge in [0.25, 0.3) is 0 Å². The SMILES string of the molecule is Cc1nnc(CCNC(=O)[C@H]2CC(=O)Nc3ccc(F)cc32)s1. The lowest BCUT2D eigenvalue weighted by Crippen LogP contribution is -2.36. The van der Waals surface area contributed by atoms with Crippen LogP contribution in [0.1, 0.15) is 27.9 Å². The first-order valence-corrected chi connectivity index (χ1v) is 8.00. The number of hydrogen-bond donors (Lipinski definition) is 2. The molecule has 1 aromatic heterocycles. The highest BCUT2D eigenvalue weighted by Gasteiger charge is 2.30.